The average Bonchev–Trinajstić information content (AvgIpc) is 2.15. The van der Waals surface area contributed by atoms with Gasteiger partial charge in [0, 0.05) is 0 Å². The van der Waals surface area contributed by atoms with Crippen molar-refractivity contribution in [2.24, 2.45) is 5.92 Å². The van der Waals surface area contributed by atoms with Crippen LogP contribution in [-0.4, -0.2) is 0 Å². The van der Waals surface area contributed by atoms with Crippen LogP contribution in [0.3, 0.4) is 0 Å². The van der Waals surface area contributed by atoms with E-state index in [0.717, 1.165) is 6.42 Å². The molecule has 0 fully saturated rings. The summed E-state index contributed by atoms with van der Waals surface area (Å²) in [7, 11) is 0. The van der Waals surface area contributed by atoms with E-state index < -0.39 is 0 Å². The Morgan fingerprint density at radius 2 is 2.08 bits per heavy atom. The molecule has 0 radical (unpaired) electrons. The van der Waals surface area contributed by atoms with Crippen molar-refractivity contribution in [3.05, 3.63) is 41.5 Å². The van der Waals surface area contributed by atoms with E-state index >= 15 is 0 Å². The summed E-state index contributed by atoms with van der Waals surface area (Å²) >= 11 is 0. The minimum absolute atomic E-state index is 0.630. The fourth-order valence-corrected chi connectivity index (χ4v) is 1.22. The molecule has 13 heavy (non-hydrogen) atoms. The van der Waals surface area contributed by atoms with Gasteiger partial charge in [0.2, 0.25) is 0 Å². The quantitative estimate of drug-likeness (QED) is 0.651. The van der Waals surface area contributed by atoms with Gasteiger partial charge in [-0.1, -0.05) is 57.2 Å². The smallest absolute Gasteiger partial charge is 0.0257 e. The summed E-state index contributed by atoms with van der Waals surface area (Å²) < 4.78 is 0. The predicted molar refractivity (Wildman–Crippen MR) is 59.7 cm³/mol. The lowest BCUT2D eigenvalue weighted by atomic mass is 10.1. The van der Waals surface area contributed by atoms with Gasteiger partial charge in [-0.05, 0) is 23.5 Å². The van der Waals surface area contributed by atoms with Gasteiger partial charge in [0.25, 0.3) is 0 Å². The second-order valence-electron chi connectivity index (χ2n) is 3.70. The van der Waals surface area contributed by atoms with E-state index in [1.807, 2.05) is 0 Å². The first kappa shape index (κ1) is 10.0. The van der Waals surface area contributed by atoms with Crippen molar-refractivity contribution in [3.8, 4) is 0 Å². The van der Waals surface area contributed by atoms with Crippen molar-refractivity contribution in [1.82, 2.24) is 0 Å². The van der Waals surface area contributed by atoms with Crippen LogP contribution in [-0.2, 0) is 6.42 Å². The normalized spacial score (nSPS) is 11.4. The van der Waals surface area contributed by atoms with Gasteiger partial charge < -0.3 is 0 Å². The average molecular weight is 174 g/mol. The van der Waals surface area contributed by atoms with Gasteiger partial charge in [0.05, 0.1) is 0 Å². The Morgan fingerprint density at radius 3 is 2.69 bits per heavy atom. The third kappa shape index (κ3) is 3.45. The molecule has 1 aromatic rings. The number of hydrogen-bond donors (Lipinski definition) is 0. The zero-order valence-corrected chi connectivity index (χ0v) is 8.75. The number of hydrogen-bond acceptors (Lipinski definition) is 0. The van der Waals surface area contributed by atoms with E-state index in [9.17, 15) is 0 Å². The van der Waals surface area contributed by atoms with Crippen LogP contribution in [0.1, 0.15) is 31.9 Å². The third-order valence-corrected chi connectivity index (χ3v) is 2.03. The van der Waals surface area contributed by atoms with Crippen LogP contribution in [0.15, 0.2) is 30.3 Å². The Bertz CT molecular complexity index is 282. The van der Waals surface area contributed by atoms with E-state index in [1.54, 1.807) is 0 Å². The molecular weight excluding hydrogens is 156 g/mol. The van der Waals surface area contributed by atoms with Crippen LogP contribution in [0.25, 0.3) is 6.08 Å². The first-order valence-corrected chi connectivity index (χ1v) is 4.99. The maximum absolute atomic E-state index is 2.25. The zero-order valence-electron chi connectivity index (χ0n) is 8.75. The Kier molecular flexibility index (Phi) is 3.75. The van der Waals surface area contributed by atoms with Crippen LogP contribution in [0.5, 0.6) is 0 Å². The van der Waals surface area contributed by atoms with Crippen molar-refractivity contribution in [3.63, 3.8) is 0 Å². The summed E-state index contributed by atoms with van der Waals surface area (Å²) in [5.41, 5.74) is 2.72. The molecule has 0 atom stereocenters. The molecule has 0 spiro atoms. The Hall–Kier alpha value is -1.04. The first-order valence-electron chi connectivity index (χ1n) is 4.99. The maximum atomic E-state index is 2.25. The summed E-state index contributed by atoms with van der Waals surface area (Å²) in [4.78, 5) is 0. The fourth-order valence-electron chi connectivity index (χ4n) is 1.22. The first-order chi connectivity index (χ1) is 6.22. The summed E-state index contributed by atoms with van der Waals surface area (Å²) in [5, 5.41) is 0. The van der Waals surface area contributed by atoms with E-state index in [0.29, 0.717) is 5.92 Å². The molecule has 0 aliphatic rings. The van der Waals surface area contributed by atoms with E-state index in [4.69, 9.17) is 0 Å². The van der Waals surface area contributed by atoms with Crippen LogP contribution in [0.4, 0.5) is 0 Å². The monoisotopic (exact) mass is 174 g/mol. The highest BCUT2D eigenvalue weighted by molar-refractivity contribution is 5.50. The molecular formula is C13H18. The second-order valence-corrected chi connectivity index (χ2v) is 3.70. The summed E-state index contributed by atoms with van der Waals surface area (Å²) in [6.07, 6.45) is 5.54. The number of aryl methyl sites for hydroxylation is 1. The molecule has 0 heterocycles. The van der Waals surface area contributed by atoms with Crippen molar-refractivity contribution in [2.45, 2.75) is 27.2 Å². The van der Waals surface area contributed by atoms with Gasteiger partial charge in [-0.15, -0.1) is 0 Å². The summed E-state index contributed by atoms with van der Waals surface area (Å²) in [6, 6.07) is 8.70. The van der Waals surface area contributed by atoms with Crippen molar-refractivity contribution in [2.75, 3.05) is 0 Å². The molecule has 1 aromatic carbocycles. The molecule has 1 rings (SSSR count). The molecule has 0 nitrogen and oxygen atoms in total. The molecule has 0 bridgehead atoms. The van der Waals surface area contributed by atoms with Crippen molar-refractivity contribution in [1.29, 1.82) is 0 Å². The van der Waals surface area contributed by atoms with Gasteiger partial charge in [0.1, 0.15) is 0 Å². The van der Waals surface area contributed by atoms with Gasteiger partial charge in [-0.25, -0.2) is 0 Å². The molecule has 0 heteroatoms. The lowest BCUT2D eigenvalue weighted by molar-refractivity contribution is 0.836. The van der Waals surface area contributed by atoms with Gasteiger partial charge >= 0.3 is 0 Å². The zero-order chi connectivity index (χ0) is 9.68. The highest BCUT2D eigenvalue weighted by Crippen LogP contribution is 2.09. The minimum Gasteiger partial charge on any atom is -0.0814 e. The lowest BCUT2D eigenvalue weighted by Crippen LogP contribution is -1.81. The molecule has 0 amide bonds. The minimum atomic E-state index is 0.630. The Morgan fingerprint density at radius 1 is 1.31 bits per heavy atom. The number of benzene rings is 1. The van der Waals surface area contributed by atoms with Crippen molar-refractivity contribution >= 4 is 6.08 Å². The molecule has 0 aliphatic carbocycles. The van der Waals surface area contributed by atoms with Crippen molar-refractivity contribution < 1.29 is 0 Å². The fraction of sp³-hybridized carbons (Fsp3) is 0.385. The summed E-state index contributed by atoms with van der Waals surface area (Å²) in [6.45, 7) is 6.58. The van der Waals surface area contributed by atoms with Gasteiger partial charge in [-0.3, -0.25) is 0 Å². The molecule has 70 valence electrons. The maximum Gasteiger partial charge on any atom is -0.0257 e. The second kappa shape index (κ2) is 4.86. The van der Waals surface area contributed by atoms with Crippen LogP contribution in [0, 0.1) is 5.92 Å². The predicted octanol–water partition coefficient (Wildman–Crippen LogP) is 3.92. The van der Waals surface area contributed by atoms with Crippen LogP contribution < -0.4 is 0 Å². The standard InChI is InChI=1S/C13H18/c1-4-12-6-5-7-13(10-12)9-8-11(2)3/h5-11H,4H2,1-3H3/b9-8+. The topological polar surface area (TPSA) is 0 Å². The van der Waals surface area contributed by atoms with Gasteiger partial charge in [0.15, 0.2) is 0 Å². The SMILES string of the molecule is CCc1cccc(/C=C/C(C)C)c1. The van der Waals surface area contributed by atoms with E-state index in [1.165, 1.54) is 11.1 Å². The highest BCUT2D eigenvalue weighted by atomic mass is 14.0. The van der Waals surface area contributed by atoms with E-state index in [2.05, 4.69) is 57.2 Å². The Labute approximate surface area is 81.3 Å². The lowest BCUT2D eigenvalue weighted by Gasteiger charge is -1.99. The summed E-state index contributed by atoms with van der Waals surface area (Å²) in [5.74, 6) is 0.630. The molecule has 0 aliphatic heterocycles. The number of rotatable bonds is 3. The molecule has 0 aromatic heterocycles. The van der Waals surface area contributed by atoms with Crippen LogP contribution >= 0.6 is 0 Å². The van der Waals surface area contributed by atoms with Gasteiger partial charge in [-0.2, -0.15) is 0 Å². The molecule has 0 N–H and O–H groups in total. The third-order valence-electron chi connectivity index (χ3n) is 2.03. The molecule has 0 saturated carbocycles. The molecule has 0 unspecified atom stereocenters. The largest absolute Gasteiger partial charge is 0.0814 e. The van der Waals surface area contributed by atoms with Crippen LogP contribution in [0.2, 0.25) is 0 Å². The highest BCUT2D eigenvalue weighted by Gasteiger charge is 1.90. The molecule has 0 saturated heterocycles. The number of allylic oxidation sites excluding steroid dienone is 1. The van der Waals surface area contributed by atoms with E-state index in [-0.39, 0.29) is 0 Å². The Balaban J connectivity index is 2.77.